The van der Waals surface area contributed by atoms with E-state index in [0.29, 0.717) is 12.1 Å². The molecule has 0 atom stereocenters. The minimum absolute atomic E-state index is 0. The summed E-state index contributed by atoms with van der Waals surface area (Å²) in [5.41, 5.74) is 6.98. The Morgan fingerprint density at radius 2 is 2.11 bits per heavy atom. The summed E-state index contributed by atoms with van der Waals surface area (Å²) in [5.74, 6) is 0.155. The van der Waals surface area contributed by atoms with E-state index in [2.05, 4.69) is 16.9 Å². The Labute approximate surface area is 120 Å². The molecule has 1 amide bonds. The van der Waals surface area contributed by atoms with Crippen molar-refractivity contribution in [2.24, 2.45) is 0 Å². The summed E-state index contributed by atoms with van der Waals surface area (Å²) >= 11 is 0. The van der Waals surface area contributed by atoms with Gasteiger partial charge in [-0.1, -0.05) is 0 Å². The van der Waals surface area contributed by atoms with E-state index in [1.807, 2.05) is 11.0 Å². The molecule has 1 aliphatic heterocycles. The molecular formula is C13H21ClN4O. The average molecular weight is 285 g/mol. The molecule has 0 unspecified atom stereocenters. The van der Waals surface area contributed by atoms with E-state index in [1.165, 1.54) is 0 Å². The van der Waals surface area contributed by atoms with Crippen molar-refractivity contribution in [3.8, 4) is 0 Å². The van der Waals surface area contributed by atoms with Gasteiger partial charge < -0.3 is 15.5 Å². The second kappa shape index (κ2) is 7.31. The molecule has 1 aliphatic rings. The summed E-state index contributed by atoms with van der Waals surface area (Å²) in [7, 11) is 2.09. The monoisotopic (exact) mass is 284 g/mol. The molecule has 1 aromatic rings. The van der Waals surface area contributed by atoms with Gasteiger partial charge in [-0.15, -0.1) is 12.4 Å². The van der Waals surface area contributed by atoms with Crippen LogP contribution in [0.2, 0.25) is 0 Å². The molecule has 1 saturated heterocycles. The van der Waals surface area contributed by atoms with Gasteiger partial charge >= 0.3 is 0 Å². The van der Waals surface area contributed by atoms with Crippen molar-refractivity contribution in [1.29, 1.82) is 0 Å². The molecule has 6 heteroatoms. The first-order valence-electron chi connectivity index (χ1n) is 6.32. The van der Waals surface area contributed by atoms with E-state index in [4.69, 9.17) is 5.73 Å². The maximum atomic E-state index is 12.1. The second-order valence-corrected chi connectivity index (χ2v) is 4.80. The maximum absolute atomic E-state index is 12.1. The van der Waals surface area contributed by atoms with Gasteiger partial charge in [0.1, 0.15) is 0 Å². The number of hydrogen-bond donors (Lipinski definition) is 1. The van der Waals surface area contributed by atoms with E-state index in [0.717, 1.165) is 38.3 Å². The minimum Gasteiger partial charge on any atom is -0.397 e. The molecule has 0 spiro atoms. The number of nitrogens with zero attached hydrogens (tertiary/aromatic N) is 3. The van der Waals surface area contributed by atoms with Crippen LogP contribution in [0, 0.1) is 0 Å². The van der Waals surface area contributed by atoms with Crippen LogP contribution in [0.15, 0.2) is 18.3 Å². The van der Waals surface area contributed by atoms with Crippen molar-refractivity contribution in [2.75, 3.05) is 39.0 Å². The number of nitrogen functional groups attached to an aromatic ring is 1. The predicted octanol–water partition coefficient (Wildman–Crippen LogP) is 0.792. The third-order valence-corrected chi connectivity index (χ3v) is 3.25. The lowest BCUT2D eigenvalue weighted by Crippen LogP contribution is -2.35. The third-order valence-electron chi connectivity index (χ3n) is 3.25. The molecule has 106 valence electrons. The lowest BCUT2D eigenvalue weighted by Gasteiger charge is -2.20. The number of halogens is 1. The van der Waals surface area contributed by atoms with Gasteiger partial charge in [0.05, 0.1) is 18.3 Å². The van der Waals surface area contributed by atoms with E-state index >= 15 is 0 Å². The van der Waals surface area contributed by atoms with Gasteiger partial charge in [-0.2, -0.15) is 0 Å². The first-order valence-corrected chi connectivity index (χ1v) is 6.32. The third kappa shape index (κ3) is 4.69. The van der Waals surface area contributed by atoms with Crippen molar-refractivity contribution in [3.63, 3.8) is 0 Å². The van der Waals surface area contributed by atoms with Crippen molar-refractivity contribution in [1.82, 2.24) is 14.8 Å². The molecule has 2 N–H and O–H groups in total. The number of carbonyl (C=O) groups excluding carboxylic acids is 1. The number of hydrogen-bond acceptors (Lipinski definition) is 4. The lowest BCUT2D eigenvalue weighted by atomic mass is 10.2. The number of amides is 1. The van der Waals surface area contributed by atoms with Crippen LogP contribution < -0.4 is 5.73 Å². The summed E-state index contributed by atoms with van der Waals surface area (Å²) in [6, 6.07) is 3.60. The molecule has 1 fully saturated rings. The quantitative estimate of drug-likeness (QED) is 0.872. The van der Waals surface area contributed by atoms with Gasteiger partial charge in [-0.25, -0.2) is 0 Å². The highest BCUT2D eigenvalue weighted by Crippen LogP contribution is 2.06. The molecule has 0 saturated carbocycles. The van der Waals surface area contributed by atoms with Gasteiger partial charge in [0.15, 0.2) is 0 Å². The van der Waals surface area contributed by atoms with Gasteiger partial charge in [0.25, 0.3) is 0 Å². The molecule has 5 nitrogen and oxygen atoms in total. The standard InChI is InChI=1S/C13H20N4O.ClH/c1-16-5-2-6-17(8-7-16)13(18)9-12-4-3-11(14)10-15-12;/h3-4,10H,2,5-9,14H2,1H3;1H. The topological polar surface area (TPSA) is 62.5 Å². The van der Waals surface area contributed by atoms with Crippen molar-refractivity contribution in [3.05, 3.63) is 24.0 Å². The van der Waals surface area contributed by atoms with Gasteiger partial charge in [0, 0.05) is 25.3 Å². The SMILES string of the molecule is CN1CCCN(C(=O)Cc2ccc(N)cn2)CC1.Cl. The first kappa shape index (κ1) is 15.7. The van der Waals surface area contributed by atoms with Crippen LogP contribution >= 0.6 is 12.4 Å². The Hall–Kier alpha value is -1.33. The van der Waals surface area contributed by atoms with E-state index < -0.39 is 0 Å². The van der Waals surface area contributed by atoms with E-state index in [1.54, 1.807) is 12.3 Å². The summed E-state index contributed by atoms with van der Waals surface area (Å²) in [5, 5.41) is 0. The molecular weight excluding hydrogens is 264 g/mol. The number of nitrogens with two attached hydrogens (primary N) is 1. The summed E-state index contributed by atoms with van der Waals surface area (Å²) in [4.78, 5) is 20.5. The van der Waals surface area contributed by atoms with Crippen LogP contribution in [0.3, 0.4) is 0 Å². The average Bonchev–Trinajstić information content (AvgIpc) is 2.57. The maximum Gasteiger partial charge on any atom is 0.228 e. The Kier molecular flexibility index (Phi) is 6.05. The summed E-state index contributed by atoms with van der Waals surface area (Å²) in [6.07, 6.45) is 3.00. The molecule has 0 aliphatic carbocycles. The molecule has 0 radical (unpaired) electrons. The van der Waals surface area contributed by atoms with Crippen LogP contribution in [0.5, 0.6) is 0 Å². The van der Waals surface area contributed by atoms with Gasteiger partial charge in [0.2, 0.25) is 5.91 Å². The number of aromatic nitrogens is 1. The minimum atomic E-state index is 0. The Balaban J connectivity index is 0.00000180. The highest BCUT2D eigenvalue weighted by Gasteiger charge is 2.17. The van der Waals surface area contributed by atoms with E-state index in [-0.39, 0.29) is 18.3 Å². The summed E-state index contributed by atoms with van der Waals surface area (Å²) in [6.45, 7) is 3.66. The first-order chi connectivity index (χ1) is 8.65. The zero-order valence-corrected chi connectivity index (χ0v) is 12.0. The van der Waals surface area contributed by atoms with Crippen molar-refractivity contribution in [2.45, 2.75) is 12.8 Å². The van der Waals surface area contributed by atoms with Crippen LogP contribution in [-0.4, -0.2) is 53.9 Å². The number of anilines is 1. The normalized spacial score (nSPS) is 16.6. The van der Waals surface area contributed by atoms with Gasteiger partial charge in [-0.3, -0.25) is 9.78 Å². The zero-order chi connectivity index (χ0) is 13.0. The second-order valence-electron chi connectivity index (χ2n) is 4.80. The molecule has 0 bridgehead atoms. The largest absolute Gasteiger partial charge is 0.397 e. The Morgan fingerprint density at radius 1 is 1.32 bits per heavy atom. The van der Waals surface area contributed by atoms with Crippen LogP contribution in [0.25, 0.3) is 0 Å². The van der Waals surface area contributed by atoms with Crippen LogP contribution in [0.1, 0.15) is 12.1 Å². The molecule has 2 rings (SSSR count). The van der Waals surface area contributed by atoms with Crippen LogP contribution in [-0.2, 0) is 11.2 Å². The number of pyridine rings is 1. The molecule has 1 aromatic heterocycles. The molecule has 19 heavy (non-hydrogen) atoms. The predicted molar refractivity (Wildman–Crippen MR) is 78.3 cm³/mol. The smallest absolute Gasteiger partial charge is 0.228 e. The number of likely N-dealkylation sites (N-methyl/N-ethyl adjacent to an activating group) is 1. The highest BCUT2D eigenvalue weighted by atomic mass is 35.5. The fraction of sp³-hybridized carbons (Fsp3) is 0.538. The lowest BCUT2D eigenvalue weighted by molar-refractivity contribution is -0.130. The fourth-order valence-electron chi connectivity index (χ4n) is 2.10. The summed E-state index contributed by atoms with van der Waals surface area (Å²) < 4.78 is 0. The van der Waals surface area contributed by atoms with E-state index in [9.17, 15) is 4.79 Å². The number of carbonyl (C=O) groups is 1. The number of rotatable bonds is 2. The van der Waals surface area contributed by atoms with Gasteiger partial charge in [-0.05, 0) is 32.1 Å². The zero-order valence-electron chi connectivity index (χ0n) is 11.2. The van der Waals surface area contributed by atoms with Crippen molar-refractivity contribution < 1.29 is 4.79 Å². The van der Waals surface area contributed by atoms with Crippen molar-refractivity contribution >= 4 is 24.0 Å². The van der Waals surface area contributed by atoms with Crippen LogP contribution in [0.4, 0.5) is 5.69 Å². The fourth-order valence-corrected chi connectivity index (χ4v) is 2.10. The molecule has 0 aromatic carbocycles. The highest BCUT2D eigenvalue weighted by molar-refractivity contribution is 5.85. The molecule has 2 heterocycles. The Bertz CT molecular complexity index is 410. The Morgan fingerprint density at radius 3 is 2.79 bits per heavy atom.